The Kier molecular flexibility index (Phi) is 5.36. The number of likely N-dealkylation sites (tertiary alicyclic amines) is 1. The van der Waals surface area contributed by atoms with E-state index in [0.717, 1.165) is 6.54 Å². The number of carbonyl (C=O) groups is 1. The van der Waals surface area contributed by atoms with Gasteiger partial charge in [0.05, 0.1) is 5.02 Å². The topological polar surface area (TPSA) is 48.1 Å². The van der Waals surface area contributed by atoms with Gasteiger partial charge in [-0.25, -0.2) is 0 Å². The average molecular weight is 332 g/mol. The van der Waals surface area contributed by atoms with Crippen molar-refractivity contribution in [3.05, 3.63) is 58.4 Å². The molecule has 2 aromatic rings. The molecule has 1 aromatic heterocycles. The van der Waals surface area contributed by atoms with E-state index >= 15 is 0 Å². The van der Waals surface area contributed by atoms with Crippen LogP contribution in [-0.4, -0.2) is 28.9 Å². The summed E-state index contributed by atoms with van der Waals surface area (Å²) >= 11 is 5.84. The number of H-pyrrole nitrogens is 1. The van der Waals surface area contributed by atoms with Crippen molar-refractivity contribution in [2.24, 2.45) is 0 Å². The molecule has 23 heavy (non-hydrogen) atoms. The Morgan fingerprint density at radius 3 is 2.61 bits per heavy atom. The maximum Gasteiger partial charge on any atom is 0.268 e. The lowest BCUT2D eigenvalue weighted by atomic mass is 10.0. The predicted octanol–water partition coefficient (Wildman–Crippen LogP) is 3.58. The van der Waals surface area contributed by atoms with E-state index in [1.165, 1.54) is 43.5 Å². The lowest BCUT2D eigenvalue weighted by Crippen LogP contribution is -2.30. The Labute approximate surface area is 141 Å². The maximum atomic E-state index is 12.1. The Bertz CT molecular complexity index is 662. The first-order valence-corrected chi connectivity index (χ1v) is 8.51. The molecule has 1 aromatic carbocycles. The smallest absolute Gasteiger partial charge is 0.268 e. The van der Waals surface area contributed by atoms with E-state index in [1.807, 2.05) is 6.07 Å². The van der Waals surface area contributed by atoms with Gasteiger partial charge in [0.15, 0.2) is 0 Å². The first-order valence-electron chi connectivity index (χ1n) is 8.13. The zero-order chi connectivity index (χ0) is 16.1. The lowest BCUT2D eigenvalue weighted by Gasteiger charge is -2.27. The van der Waals surface area contributed by atoms with Crippen molar-refractivity contribution in [1.29, 1.82) is 0 Å². The number of piperidine rings is 1. The van der Waals surface area contributed by atoms with Crippen molar-refractivity contribution in [3.63, 3.8) is 0 Å². The third-order valence-electron chi connectivity index (χ3n) is 4.29. The summed E-state index contributed by atoms with van der Waals surface area (Å²) in [4.78, 5) is 17.5. The van der Waals surface area contributed by atoms with Gasteiger partial charge in [-0.1, -0.05) is 42.3 Å². The summed E-state index contributed by atoms with van der Waals surface area (Å²) in [6.07, 6.45) is 5.52. The van der Waals surface area contributed by atoms with Crippen LogP contribution in [0.2, 0.25) is 5.02 Å². The van der Waals surface area contributed by atoms with Crippen LogP contribution in [0.4, 0.5) is 0 Å². The Hall–Kier alpha value is -1.78. The molecule has 1 fully saturated rings. The molecule has 3 rings (SSSR count). The van der Waals surface area contributed by atoms with Gasteiger partial charge in [0.2, 0.25) is 0 Å². The number of rotatable bonds is 5. The van der Waals surface area contributed by atoms with Gasteiger partial charge >= 0.3 is 0 Å². The summed E-state index contributed by atoms with van der Waals surface area (Å²) in [5.41, 5.74) is 2.95. The van der Waals surface area contributed by atoms with E-state index in [2.05, 4.69) is 33.4 Å². The summed E-state index contributed by atoms with van der Waals surface area (Å²) in [7, 11) is 0. The molecular weight excluding hydrogens is 310 g/mol. The molecule has 5 heteroatoms. The normalized spacial score (nSPS) is 15.5. The number of hydrogen-bond donors (Lipinski definition) is 2. The van der Waals surface area contributed by atoms with Gasteiger partial charge in [-0.3, -0.25) is 9.69 Å². The zero-order valence-electron chi connectivity index (χ0n) is 13.1. The van der Waals surface area contributed by atoms with E-state index < -0.39 is 0 Å². The molecule has 1 saturated heterocycles. The third-order valence-corrected chi connectivity index (χ3v) is 4.51. The van der Waals surface area contributed by atoms with Crippen LogP contribution in [-0.2, 0) is 13.1 Å². The minimum atomic E-state index is -0.135. The fourth-order valence-electron chi connectivity index (χ4n) is 3.01. The minimum Gasteiger partial charge on any atom is -0.356 e. The molecule has 0 aliphatic carbocycles. The van der Waals surface area contributed by atoms with Crippen molar-refractivity contribution in [2.45, 2.75) is 32.4 Å². The summed E-state index contributed by atoms with van der Waals surface area (Å²) < 4.78 is 0. The molecule has 2 N–H and O–H groups in total. The lowest BCUT2D eigenvalue weighted by molar-refractivity contribution is 0.0946. The summed E-state index contributed by atoms with van der Waals surface area (Å²) in [6.45, 7) is 3.82. The van der Waals surface area contributed by atoms with E-state index in [1.54, 1.807) is 12.3 Å². The van der Waals surface area contributed by atoms with E-state index in [0.29, 0.717) is 17.3 Å². The summed E-state index contributed by atoms with van der Waals surface area (Å²) in [5, 5.41) is 3.50. The first-order chi connectivity index (χ1) is 11.2. The van der Waals surface area contributed by atoms with Crippen molar-refractivity contribution >= 4 is 17.5 Å². The van der Waals surface area contributed by atoms with Crippen LogP contribution in [0.1, 0.15) is 40.9 Å². The average Bonchev–Trinajstić information content (AvgIpc) is 3.01. The van der Waals surface area contributed by atoms with Gasteiger partial charge in [-0.05, 0) is 43.1 Å². The molecule has 0 spiro atoms. The second kappa shape index (κ2) is 7.66. The van der Waals surface area contributed by atoms with Crippen molar-refractivity contribution in [1.82, 2.24) is 15.2 Å². The van der Waals surface area contributed by atoms with Crippen LogP contribution in [0.15, 0.2) is 36.5 Å². The summed E-state index contributed by atoms with van der Waals surface area (Å²) in [6, 6.07) is 9.96. The molecular formula is C18H22ClN3O. The fraction of sp³-hybridized carbons (Fsp3) is 0.389. The van der Waals surface area contributed by atoms with Gasteiger partial charge in [0.25, 0.3) is 5.91 Å². The Morgan fingerprint density at radius 2 is 1.91 bits per heavy atom. The Morgan fingerprint density at radius 1 is 1.17 bits per heavy atom. The highest BCUT2D eigenvalue weighted by Crippen LogP contribution is 2.16. The molecule has 1 aliphatic rings. The standard InChI is InChI=1S/C18H22ClN3O/c19-16-10-17(20-12-16)18(23)21-11-14-6-2-3-7-15(14)13-22-8-4-1-5-9-22/h2-3,6-7,10,12,20H,1,4-5,8-9,11,13H2,(H,21,23). The monoisotopic (exact) mass is 331 g/mol. The summed E-state index contributed by atoms with van der Waals surface area (Å²) in [5.74, 6) is -0.135. The van der Waals surface area contributed by atoms with Crippen LogP contribution in [0.3, 0.4) is 0 Å². The Balaban J connectivity index is 1.62. The number of nitrogens with one attached hydrogen (secondary N) is 2. The molecule has 2 heterocycles. The van der Waals surface area contributed by atoms with Crippen LogP contribution in [0.25, 0.3) is 0 Å². The van der Waals surface area contributed by atoms with Gasteiger partial charge in [-0.15, -0.1) is 0 Å². The predicted molar refractivity (Wildman–Crippen MR) is 92.5 cm³/mol. The van der Waals surface area contributed by atoms with E-state index in [9.17, 15) is 4.79 Å². The fourth-order valence-corrected chi connectivity index (χ4v) is 3.18. The van der Waals surface area contributed by atoms with Gasteiger partial charge < -0.3 is 10.3 Å². The number of carbonyl (C=O) groups excluding carboxylic acids is 1. The van der Waals surface area contributed by atoms with Gasteiger partial charge in [0.1, 0.15) is 5.69 Å². The third kappa shape index (κ3) is 4.36. The van der Waals surface area contributed by atoms with Crippen LogP contribution >= 0.6 is 11.6 Å². The number of benzene rings is 1. The molecule has 0 radical (unpaired) electrons. The molecule has 4 nitrogen and oxygen atoms in total. The molecule has 0 saturated carbocycles. The van der Waals surface area contributed by atoms with Crippen molar-refractivity contribution in [3.8, 4) is 0 Å². The molecule has 0 unspecified atom stereocenters. The molecule has 0 atom stereocenters. The quantitative estimate of drug-likeness (QED) is 0.879. The van der Waals surface area contributed by atoms with Gasteiger partial charge in [-0.2, -0.15) is 0 Å². The second-order valence-corrected chi connectivity index (χ2v) is 6.46. The van der Waals surface area contributed by atoms with Gasteiger partial charge in [0, 0.05) is 19.3 Å². The van der Waals surface area contributed by atoms with Crippen molar-refractivity contribution in [2.75, 3.05) is 13.1 Å². The molecule has 1 aliphatic heterocycles. The number of amides is 1. The van der Waals surface area contributed by atoms with E-state index in [4.69, 9.17) is 11.6 Å². The molecule has 122 valence electrons. The highest BCUT2D eigenvalue weighted by molar-refractivity contribution is 6.30. The van der Waals surface area contributed by atoms with E-state index in [-0.39, 0.29) is 5.91 Å². The first kappa shape index (κ1) is 16.1. The number of aromatic nitrogens is 1. The molecule has 0 bridgehead atoms. The van der Waals surface area contributed by atoms with Crippen LogP contribution in [0, 0.1) is 0 Å². The zero-order valence-corrected chi connectivity index (χ0v) is 13.9. The highest BCUT2D eigenvalue weighted by atomic mass is 35.5. The highest BCUT2D eigenvalue weighted by Gasteiger charge is 2.13. The SMILES string of the molecule is O=C(NCc1ccccc1CN1CCCCC1)c1cc(Cl)c[nH]1. The van der Waals surface area contributed by atoms with Crippen LogP contribution in [0.5, 0.6) is 0 Å². The number of hydrogen-bond acceptors (Lipinski definition) is 2. The largest absolute Gasteiger partial charge is 0.356 e. The number of aromatic amines is 1. The van der Waals surface area contributed by atoms with Crippen molar-refractivity contribution < 1.29 is 4.79 Å². The maximum absolute atomic E-state index is 12.1. The minimum absolute atomic E-state index is 0.135. The second-order valence-electron chi connectivity index (χ2n) is 6.02. The van der Waals surface area contributed by atoms with Crippen LogP contribution < -0.4 is 5.32 Å². The number of nitrogens with zero attached hydrogens (tertiary/aromatic N) is 1. The molecule has 1 amide bonds. The number of halogens is 1.